The van der Waals surface area contributed by atoms with Crippen LogP contribution in [-0.2, 0) is 16.0 Å². The Morgan fingerprint density at radius 2 is 1.74 bits per heavy atom. The molecule has 1 unspecified atom stereocenters. The lowest BCUT2D eigenvalue weighted by atomic mass is 9.98. The largest absolute Gasteiger partial charge is 0.507 e. The minimum atomic E-state index is -0.843. The molecule has 2 aromatic carbocycles. The minimum Gasteiger partial charge on any atom is -0.507 e. The summed E-state index contributed by atoms with van der Waals surface area (Å²) in [6, 6.07) is 19.0. The molecule has 35 heavy (non-hydrogen) atoms. The van der Waals surface area contributed by atoms with Crippen LogP contribution in [0.5, 0.6) is 5.75 Å². The highest BCUT2D eigenvalue weighted by molar-refractivity contribution is 6.51. The van der Waals surface area contributed by atoms with Crippen molar-refractivity contribution in [1.29, 1.82) is 0 Å². The van der Waals surface area contributed by atoms with Crippen molar-refractivity contribution < 1.29 is 19.4 Å². The molecule has 0 bridgehead atoms. The first-order valence-corrected chi connectivity index (χ1v) is 12.0. The van der Waals surface area contributed by atoms with Gasteiger partial charge in [-0.25, -0.2) is 0 Å². The number of nitrogens with zero attached hydrogens (tertiary/aromatic N) is 2. The fraction of sp³-hybridized carbons (Fsp3) is 0.276. The zero-order chi connectivity index (χ0) is 24.9. The number of ether oxygens (including phenoxy) is 1. The van der Waals surface area contributed by atoms with Crippen molar-refractivity contribution in [2.75, 3.05) is 4.90 Å². The van der Waals surface area contributed by atoms with E-state index in [1.165, 1.54) is 10.5 Å². The van der Waals surface area contributed by atoms with Crippen LogP contribution in [0.1, 0.15) is 56.5 Å². The first-order valence-electron chi connectivity index (χ1n) is 12.0. The van der Waals surface area contributed by atoms with Crippen LogP contribution in [0, 0.1) is 0 Å². The Balaban J connectivity index is 1.78. The number of carbonyl (C=O) groups excluding carboxylic acids is 2. The maximum absolute atomic E-state index is 13.3. The Morgan fingerprint density at radius 1 is 1.03 bits per heavy atom. The van der Waals surface area contributed by atoms with Crippen LogP contribution < -0.4 is 9.64 Å². The fourth-order valence-electron chi connectivity index (χ4n) is 4.24. The first-order chi connectivity index (χ1) is 16.9. The summed E-state index contributed by atoms with van der Waals surface area (Å²) in [5, 5.41) is 11.2. The van der Waals surface area contributed by atoms with Crippen molar-refractivity contribution in [2.45, 2.75) is 52.2 Å². The van der Waals surface area contributed by atoms with Gasteiger partial charge in [-0.15, -0.1) is 0 Å². The van der Waals surface area contributed by atoms with Gasteiger partial charge in [-0.2, -0.15) is 0 Å². The molecule has 3 aromatic rings. The number of amides is 1. The predicted molar refractivity (Wildman–Crippen MR) is 136 cm³/mol. The minimum absolute atomic E-state index is 0.0114. The monoisotopic (exact) mass is 470 g/mol. The van der Waals surface area contributed by atoms with Crippen molar-refractivity contribution in [2.24, 2.45) is 0 Å². The summed E-state index contributed by atoms with van der Waals surface area (Å²) in [5.74, 6) is -1.02. The normalized spacial score (nSPS) is 17.3. The van der Waals surface area contributed by atoms with Crippen molar-refractivity contribution in [1.82, 2.24) is 4.98 Å². The predicted octanol–water partition coefficient (Wildman–Crippen LogP) is 5.84. The van der Waals surface area contributed by atoms with Crippen LogP contribution in [0.2, 0.25) is 0 Å². The van der Waals surface area contributed by atoms with Gasteiger partial charge in [0.1, 0.15) is 17.6 Å². The van der Waals surface area contributed by atoms with E-state index in [2.05, 4.69) is 11.9 Å². The van der Waals surface area contributed by atoms with E-state index in [4.69, 9.17) is 4.74 Å². The maximum Gasteiger partial charge on any atom is 0.300 e. The van der Waals surface area contributed by atoms with Gasteiger partial charge >= 0.3 is 0 Å². The molecule has 1 atom stereocenters. The van der Waals surface area contributed by atoms with E-state index in [1.807, 2.05) is 38.1 Å². The third-order valence-corrected chi connectivity index (χ3v) is 5.95. The topological polar surface area (TPSA) is 79.7 Å². The second kappa shape index (κ2) is 10.6. The number of Topliss-reactive ketones (excluding diaryl/α,β-unsaturated/α-hetero) is 1. The molecule has 1 saturated heterocycles. The number of aromatic nitrogens is 1. The Labute approximate surface area is 205 Å². The smallest absolute Gasteiger partial charge is 0.300 e. The third-order valence-electron chi connectivity index (χ3n) is 5.95. The number of ketones is 1. The van der Waals surface area contributed by atoms with Gasteiger partial charge in [0, 0.05) is 17.4 Å². The van der Waals surface area contributed by atoms with Crippen molar-refractivity contribution >= 4 is 23.1 Å². The van der Waals surface area contributed by atoms with Crippen LogP contribution in [0.15, 0.2) is 78.5 Å². The van der Waals surface area contributed by atoms with E-state index >= 15 is 0 Å². The highest BCUT2D eigenvalue weighted by Crippen LogP contribution is 2.41. The zero-order valence-electron chi connectivity index (χ0n) is 20.3. The molecule has 6 heteroatoms. The molecule has 0 saturated carbocycles. The van der Waals surface area contributed by atoms with Crippen LogP contribution in [-0.4, -0.2) is 27.9 Å². The third kappa shape index (κ3) is 5.11. The second-order valence-electron chi connectivity index (χ2n) is 8.88. The van der Waals surface area contributed by atoms with Gasteiger partial charge in [0.25, 0.3) is 11.7 Å². The molecule has 1 amide bonds. The number of benzene rings is 2. The number of hydrogen-bond donors (Lipinski definition) is 1. The average molecular weight is 471 g/mol. The van der Waals surface area contributed by atoms with Crippen molar-refractivity contribution in [3.8, 4) is 5.75 Å². The number of aryl methyl sites for hydroxylation is 1. The van der Waals surface area contributed by atoms with Crippen LogP contribution in [0.3, 0.4) is 0 Å². The van der Waals surface area contributed by atoms with Gasteiger partial charge in [-0.3, -0.25) is 19.5 Å². The van der Waals surface area contributed by atoms with E-state index in [0.717, 1.165) is 19.3 Å². The number of anilines is 1. The van der Waals surface area contributed by atoms with Crippen molar-refractivity contribution in [3.63, 3.8) is 0 Å². The molecule has 0 spiro atoms. The van der Waals surface area contributed by atoms with E-state index in [1.54, 1.807) is 48.7 Å². The molecular weight excluding hydrogens is 440 g/mol. The lowest BCUT2D eigenvalue weighted by Gasteiger charge is -2.24. The summed E-state index contributed by atoms with van der Waals surface area (Å²) in [4.78, 5) is 32.3. The molecule has 6 nitrogen and oxygen atoms in total. The summed E-state index contributed by atoms with van der Waals surface area (Å²) in [6.07, 6.45) is 4.76. The number of pyridine rings is 1. The second-order valence-corrected chi connectivity index (χ2v) is 8.88. The quantitative estimate of drug-likeness (QED) is 0.254. The van der Waals surface area contributed by atoms with Gasteiger partial charge in [-0.1, -0.05) is 31.5 Å². The molecule has 180 valence electrons. The molecular formula is C29H30N2O4. The number of aliphatic hydroxyl groups is 1. The highest BCUT2D eigenvalue weighted by atomic mass is 16.5. The zero-order valence-corrected chi connectivity index (χ0v) is 20.3. The molecule has 1 aliphatic heterocycles. The highest BCUT2D eigenvalue weighted by Gasteiger charge is 2.47. The summed E-state index contributed by atoms with van der Waals surface area (Å²) >= 11 is 0. The lowest BCUT2D eigenvalue weighted by Crippen LogP contribution is -2.29. The SMILES string of the molecule is CCCCc1ccc(N2C(=O)C(=O)/C(=C(\O)c3ccc(OC(C)C)cc3)C2c2ccccn2)cc1. The molecule has 0 radical (unpaired) electrons. The molecule has 4 rings (SSSR count). The average Bonchev–Trinajstić information content (AvgIpc) is 3.13. The van der Waals surface area contributed by atoms with Gasteiger partial charge in [0.05, 0.1) is 17.4 Å². The molecule has 1 fully saturated rings. The number of hydrogen-bond acceptors (Lipinski definition) is 5. The standard InChI is InChI=1S/C29H30N2O4/c1-4-5-8-20-10-14-22(15-11-20)31-26(24-9-6-7-18-30-24)25(28(33)29(31)34)27(32)21-12-16-23(17-13-21)35-19(2)3/h6-7,9-19,26,32H,4-5,8H2,1-3H3/b27-25-. The van der Waals surface area contributed by atoms with Crippen LogP contribution in [0.25, 0.3) is 5.76 Å². The van der Waals surface area contributed by atoms with Gasteiger partial charge in [0.2, 0.25) is 0 Å². The Hall–Kier alpha value is -3.93. The van der Waals surface area contributed by atoms with Gasteiger partial charge in [-0.05, 0) is 80.8 Å². The Bertz CT molecular complexity index is 1220. The summed E-state index contributed by atoms with van der Waals surface area (Å²) in [6.45, 7) is 6.00. The van der Waals surface area contributed by atoms with E-state index in [0.29, 0.717) is 22.7 Å². The number of unbranched alkanes of at least 4 members (excludes halogenated alkanes) is 1. The van der Waals surface area contributed by atoms with Gasteiger partial charge in [0.15, 0.2) is 0 Å². The lowest BCUT2D eigenvalue weighted by molar-refractivity contribution is -0.132. The maximum atomic E-state index is 13.3. The summed E-state index contributed by atoms with van der Waals surface area (Å²) in [7, 11) is 0. The van der Waals surface area contributed by atoms with E-state index < -0.39 is 17.7 Å². The van der Waals surface area contributed by atoms with Crippen LogP contribution in [0.4, 0.5) is 5.69 Å². The van der Waals surface area contributed by atoms with Crippen LogP contribution >= 0.6 is 0 Å². The summed E-state index contributed by atoms with van der Waals surface area (Å²) in [5.41, 5.74) is 2.70. The summed E-state index contributed by atoms with van der Waals surface area (Å²) < 4.78 is 5.68. The van der Waals surface area contributed by atoms with E-state index in [9.17, 15) is 14.7 Å². The molecule has 1 aromatic heterocycles. The number of aliphatic hydroxyl groups excluding tert-OH is 1. The van der Waals surface area contributed by atoms with E-state index in [-0.39, 0.29) is 17.4 Å². The number of rotatable bonds is 8. The van der Waals surface area contributed by atoms with Crippen molar-refractivity contribution in [3.05, 3.63) is 95.3 Å². The number of carbonyl (C=O) groups is 2. The fourth-order valence-corrected chi connectivity index (χ4v) is 4.24. The molecule has 0 aliphatic carbocycles. The Morgan fingerprint density at radius 3 is 2.34 bits per heavy atom. The first kappa shape index (κ1) is 24.2. The molecule has 1 aliphatic rings. The molecule has 1 N–H and O–H groups in total. The Kier molecular flexibility index (Phi) is 7.30. The van der Waals surface area contributed by atoms with Gasteiger partial charge < -0.3 is 9.84 Å². The molecule has 2 heterocycles.